The number of thiophene rings is 1. The monoisotopic (exact) mass is 366 g/mol. The molecule has 0 bridgehead atoms. The topological polar surface area (TPSA) is 47.3 Å². The number of ether oxygens (including phenoxy) is 1. The number of nitrogens with one attached hydrogen (secondary N) is 1. The minimum Gasteiger partial charge on any atom is -0.406 e. The SMILES string of the molecule is NNC(c1ccc(OC(F)(F)F)cc1)c1sccc1Br. The maximum atomic E-state index is 12.1. The van der Waals surface area contributed by atoms with Crippen molar-refractivity contribution in [1.82, 2.24) is 5.43 Å². The van der Waals surface area contributed by atoms with Gasteiger partial charge in [-0.1, -0.05) is 12.1 Å². The number of halogens is 4. The molecular weight excluding hydrogens is 357 g/mol. The largest absolute Gasteiger partial charge is 0.573 e. The number of nitrogens with two attached hydrogens (primary N) is 1. The van der Waals surface area contributed by atoms with Crippen molar-refractivity contribution < 1.29 is 17.9 Å². The summed E-state index contributed by atoms with van der Waals surface area (Å²) in [4.78, 5) is 0.942. The van der Waals surface area contributed by atoms with E-state index in [1.54, 1.807) is 0 Å². The van der Waals surface area contributed by atoms with Gasteiger partial charge in [0.25, 0.3) is 0 Å². The summed E-state index contributed by atoms with van der Waals surface area (Å²) in [5, 5.41) is 1.89. The van der Waals surface area contributed by atoms with Gasteiger partial charge in [0.15, 0.2) is 0 Å². The molecule has 0 aliphatic heterocycles. The van der Waals surface area contributed by atoms with Gasteiger partial charge in [0.05, 0.1) is 6.04 Å². The summed E-state index contributed by atoms with van der Waals surface area (Å²) in [7, 11) is 0. The predicted octanol–water partition coefficient (Wildman–Crippen LogP) is 3.96. The Bertz CT molecular complexity index is 571. The van der Waals surface area contributed by atoms with E-state index in [2.05, 4.69) is 26.1 Å². The molecular formula is C12H10BrF3N2OS. The number of hydrogen-bond donors (Lipinski definition) is 2. The van der Waals surface area contributed by atoms with Crippen molar-refractivity contribution >= 4 is 27.3 Å². The van der Waals surface area contributed by atoms with E-state index >= 15 is 0 Å². The lowest BCUT2D eigenvalue weighted by atomic mass is 10.1. The Kier molecular flexibility index (Phi) is 4.69. The van der Waals surface area contributed by atoms with Gasteiger partial charge in [-0.25, -0.2) is 5.43 Å². The van der Waals surface area contributed by atoms with E-state index < -0.39 is 6.36 Å². The van der Waals surface area contributed by atoms with Crippen LogP contribution in [0.3, 0.4) is 0 Å². The minimum absolute atomic E-state index is 0.262. The first kappa shape index (κ1) is 15.3. The summed E-state index contributed by atoms with van der Waals surface area (Å²) in [6.07, 6.45) is -4.69. The number of hydrazine groups is 1. The molecule has 8 heteroatoms. The van der Waals surface area contributed by atoms with Crippen LogP contribution in [0.4, 0.5) is 13.2 Å². The van der Waals surface area contributed by atoms with E-state index in [0.717, 1.165) is 14.9 Å². The van der Waals surface area contributed by atoms with Gasteiger partial charge in [0.2, 0.25) is 0 Å². The van der Waals surface area contributed by atoms with Gasteiger partial charge in [0, 0.05) is 9.35 Å². The fraction of sp³-hybridized carbons (Fsp3) is 0.167. The lowest BCUT2D eigenvalue weighted by Crippen LogP contribution is -2.28. The highest BCUT2D eigenvalue weighted by Crippen LogP contribution is 2.33. The van der Waals surface area contributed by atoms with E-state index in [9.17, 15) is 13.2 Å². The predicted molar refractivity (Wildman–Crippen MR) is 74.3 cm³/mol. The van der Waals surface area contributed by atoms with Crippen molar-refractivity contribution in [2.75, 3.05) is 0 Å². The Morgan fingerprint density at radius 2 is 1.85 bits per heavy atom. The van der Waals surface area contributed by atoms with Crippen LogP contribution < -0.4 is 16.0 Å². The summed E-state index contributed by atoms with van der Waals surface area (Å²) in [5.41, 5.74) is 3.39. The van der Waals surface area contributed by atoms with Crippen LogP contribution in [0, 0.1) is 0 Å². The maximum Gasteiger partial charge on any atom is 0.573 e. The van der Waals surface area contributed by atoms with Crippen LogP contribution in [0.5, 0.6) is 5.75 Å². The highest BCUT2D eigenvalue weighted by molar-refractivity contribution is 9.10. The van der Waals surface area contributed by atoms with E-state index in [1.807, 2.05) is 11.4 Å². The smallest absolute Gasteiger partial charge is 0.406 e. The third kappa shape index (κ3) is 3.72. The first-order valence-electron chi connectivity index (χ1n) is 5.45. The summed E-state index contributed by atoms with van der Waals surface area (Å²) < 4.78 is 41.0. The minimum atomic E-state index is -4.69. The number of rotatable bonds is 4. The van der Waals surface area contributed by atoms with E-state index in [4.69, 9.17) is 5.84 Å². The molecule has 0 amide bonds. The molecule has 0 aliphatic carbocycles. The van der Waals surface area contributed by atoms with Crippen LogP contribution >= 0.6 is 27.3 Å². The van der Waals surface area contributed by atoms with Gasteiger partial charge in [-0.2, -0.15) is 0 Å². The van der Waals surface area contributed by atoms with Gasteiger partial charge in [-0.3, -0.25) is 5.84 Å². The quantitative estimate of drug-likeness (QED) is 0.635. The van der Waals surface area contributed by atoms with Crippen LogP contribution in [-0.4, -0.2) is 6.36 Å². The average molecular weight is 367 g/mol. The summed E-state index contributed by atoms with van der Waals surface area (Å²) in [5.74, 6) is 5.27. The first-order chi connectivity index (χ1) is 9.40. The van der Waals surface area contributed by atoms with Crippen molar-refractivity contribution in [3.63, 3.8) is 0 Å². The number of benzene rings is 1. The van der Waals surface area contributed by atoms with E-state index in [1.165, 1.54) is 35.6 Å². The zero-order chi connectivity index (χ0) is 14.8. The molecule has 2 aromatic rings. The zero-order valence-corrected chi connectivity index (χ0v) is 12.3. The molecule has 0 saturated carbocycles. The Hall–Kier alpha value is -1.09. The molecule has 1 atom stereocenters. The van der Waals surface area contributed by atoms with Crippen LogP contribution in [0.15, 0.2) is 40.2 Å². The van der Waals surface area contributed by atoms with Crippen LogP contribution in [0.2, 0.25) is 0 Å². The molecule has 1 heterocycles. The fourth-order valence-electron chi connectivity index (χ4n) is 1.70. The highest BCUT2D eigenvalue weighted by Gasteiger charge is 2.31. The van der Waals surface area contributed by atoms with Gasteiger partial charge < -0.3 is 4.74 Å². The Labute approximate surface area is 125 Å². The standard InChI is InChI=1S/C12H10BrF3N2OS/c13-9-5-6-20-11(9)10(18-17)7-1-3-8(4-2-7)19-12(14,15)16/h1-6,10,18H,17H2. The second-order valence-corrected chi connectivity index (χ2v) is 5.65. The van der Waals surface area contributed by atoms with Gasteiger partial charge in [0.1, 0.15) is 5.75 Å². The Balaban J connectivity index is 2.22. The summed E-state index contributed by atoms with van der Waals surface area (Å²) in [6, 6.07) is 7.17. The van der Waals surface area contributed by atoms with Crippen molar-refractivity contribution in [2.24, 2.45) is 5.84 Å². The number of hydrogen-bond acceptors (Lipinski definition) is 4. The Morgan fingerprint density at radius 3 is 2.30 bits per heavy atom. The van der Waals surface area contributed by atoms with Gasteiger partial charge >= 0.3 is 6.36 Å². The molecule has 3 N–H and O–H groups in total. The molecule has 1 aromatic heterocycles. The third-order valence-electron chi connectivity index (χ3n) is 2.52. The molecule has 1 unspecified atom stereocenters. The van der Waals surface area contributed by atoms with Gasteiger partial charge in [-0.15, -0.1) is 24.5 Å². The van der Waals surface area contributed by atoms with Crippen molar-refractivity contribution in [1.29, 1.82) is 0 Å². The van der Waals surface area contributed by atoms with Crippen molar-refractivity contribution in [3.8, 4) is 5.75 Å². The average Bonchev–Trinajstić information content (AvgIpc) is 2.77. The second kappa shape index (κ2) is 6.13. The fourth-order valence-corrected chi connectivity index (χ4v) is 3.38. The van der Waals surface area contributed by atoms with E-state index in [-0.39, 0.29) is 11.8 Å². The third-order valence-corrected chi connectivity index (χ3v) is 4.46. The molecule has 0 aliphatic rings. The molecule has 0 radical (unpaired) electrons. The van der Waals surface area contributed by atoms with Crippen molar-refractivity contribution in [2.45, 2.75) is 12.4 Å². The van der Waals surface area contributed by atoms with Crippen LogP contribution in [0.25, 0.3) is 0 Å². The summed E-state index contributed by atoms with van der Waals surface area (Å²) >= 11 is 4.89. The molecule has 0 spiro atoms. The van der Waals surface area contributed by atoms with E-state index in [0.29, 0.717) is 0 Å². The highest BCUT2D eigenvalue weighted by atomic mass is 79.9. The van der Waals surface area contributed by atoms with Crippen LogP contribution in [0.1, 0.15) is 16.5 Å². The summed E-state index contributed by atoms with van der Waals surface area (Å²) in [6.45, 7) is 0. The first-order valence-corrected chi connectivity index (χ1v) is 7.12. The molecule has 2 rings (SSSR count). The van der Waals surface area contributed by atoms with Crippen molar-refractivity contribution in [3.05, 3.63) is 50.6 Å². The molecule has 0 fully saturated rings. The molecule has 0 saturated heterocycles. The lowest BCUT2D eigenvalue weighted by molar-refractivity contribution is -0.274. The van der Waals surface area contributed by atoms with Crippen LogP contribution in [-0.2, 0) is 0 Å². The molecule has 108 valence electrons. The van der Waals surface area contributed by atoms with Gasteiger partial charge in [-0.05, 0) is 45.1 Å². The Morgan fingerprint density at radius 1 is 1.20 bits per heavy atom. The normalized spacial score (nSPS) is 13.2. The molecule has 20 heavy (non-hydrogen) atoms. The second-order valence-electron chi connectivity index (χ2n) is 3.85. The lowest BCUT2D eigenvalue weighted by Gasteiger charge is -2.16. The number of alkyl halides is 3. The maximum absolute atomic E-state index is 12.1. The molecule has 1 aromatic carbocycles. The zero-order valence-electron chi connectivity index (χ0n) is 9.95. The molecule has 3 nitrogen and oxygen atoms in total.